The van der Waals surface area contributed by atoms with Crippen LogP contribution < -0.4 is 0 Å². The van der Waals surface area contributed by atoms with Crippen molar-refractivity contribution in [3.8, 4) is 0 Å². The Morgan fingerprint density at radius 1 is 1.35 bits per heavy atom. The van der Waals surface area contributed by atoms with Gasteiger partial charge in [-0.1, -0.05) is 12.1 Å². The van der Waals surface area contributed by atoms with E-state index in [1.54, 1.807) is 31.4 Å². The summed E-state index contributed by atoms with van der Waals surface area (Å²) in [5.74, 6) is -0.586. The van der Waals surface area contributed by atoms with E-state index in [1.165, 1.54) is 11.8 Å². The normalized spacial score (nSPS) is 13.9. The van der Waals surface area contributed by atoms with Crippen LogP contribution in [-0.4, -0.2) is 54.5 Å². The lowest BCUT2D eigenvalue weighted by molar-refractivity contribution is -0.0257. The van der Waals surface area contributed by atoms with Crippen molar-refractivity contribution in [3.05, 3.63) is 29.8 Å². The summed E-state index contributed by atoms with van der Waals surface area (Å²) in [5.41, 5.74) is 0.248. The highest BCUT2D eigenvalue weighted by Gasteiger charge is 2.13. The summed E-state index contributed by atoms with van der Waals surface area (Å²) in [6.45, 7) is 2.54. The number of methoxy groups -OCH3 is 1. The second-order valence-corrected chi connectivity index (χ2v) is 5.43. The number of aromatic carboxylic acids is 1. The highest BCUT2D eigenvalue weighted by molar-refractivity contribution is 7.99. The maximum Gasteiger partial charge on any atom is 0.336 e. The first kappa shape index (κ1) is 17.0. The Morgan fingerprint density at radius 3 is 2.70 bits per heavy atom. The monoisotopic (exact) mass is 300 g/mol. The number of hydrogen-bond donors (Lipinski definition) is 2. The zero-order valence-corrected chi connectivity index (χ0v) is 12.4. The maximum atomic E-state index is 11.0. The SMILES string of the molecule is COCC(C)OCC(O)CSc1ccccc1C(=O)O. The maximum absolute atomic E-state index is 11.0. The number of carboxylic acid groups (broad SMARTS) is 1. The standard InChI is InChI=1S/C14H20O5S/c1-10(7-18-2)19-8-11(15)9-20-13-6-4-3-5-12(13)14(16)17/h3-6,10-11,15H,7-9H2,1-2H3,(H,16,17). The van der Waals surface area contributed by atoms with Gasteiger partial charge in [0.2, 0.25) is 0 Å². The Balaban J connectivity index is 2.41. The van der Waals surface area contributed by atoms with Gasteiger partial charge in [-0.2, -0.15) is 0 Å². The number of thioether (sulfide) groups is 1. The van der Waals surface area contributed by atoms with Crippen molar-refractivity contribution in [3.63, 3.8) is 0 Å². The van der Waals surface area contributed by atoms with Gasteiger partial charge < -0.3 is 19.7 Å². The van der Waals surface area contributed by atoms with E-state index in [2.05, 4.69) is 0 Å². The van der Waals surface area contributed by atoms with E-state index >= 15 is 0 Å². The van der Waals surface area contributed by atoms with Gasteiger partial charge in [-0.25, -0.2) is 4.79 Å². The minimum absolute atomic E-state index is 0.0778. The molecule has 2 atom stereocenters. The van der Waals surface area contributed by atoms with Gasteiger partial charge in [0, 0.05) is 17.8 Å². The number of rotatable bonds is 9. The van der Waals surface area contributed by atoms with Gasteiger partial charge in [-0.3, -0.25) is 0 Å². The van der Waals surface area contributed by atoms with Crippen molar-refractivity contribution in [2.75, 3.05) is 26.1 Å². The second kappa shape index (κ2) is 8.97. The number of carboxylic acids is 1. The minimum atomic E-state index is -0.965. The lowest BCUT2D eigenvalue weighted by Gasteiger charge is -2.16. The summed E-state index contributed by atoms with van der Waals surface area (Å²) in [7, 11) is 1.59. The average molecular weight is 300 g/mol. The van der Waals surface area contributed by atoms with Crippen molar-refractivity contribution in [2.24, 2.45) is 0 Å². The summed E-state index contributed by atoms with van der Waals surface area (Å²) < 4.78 is 10.3. The summed E-state index contributed by atoms with van der Waals surface area (Å²) in [5, 5.41) is 18.9. The molecule has 0 amide bonds. The fraction of sp³-hybridized carbons (Fsp3) is 0.500. The fourth-order valence-electron chi connectivity index (χ4n) is 1.56. The average Bonchev–Trinajstić information content (AvgIpc) is 2.43. The number of benzene rings is 1. The molecule has 1 aromatic rings. The molecule has 0 radical (unpaired) electrons. The van der Waals surface area contributed by atoms with Crippen LogP contribution in [0.1, 0.15) is 17.3 Å². The van der Waals surface area contributed by atoms with Crippen molar-refractivity contribution < 1.29 is 24.5 Å². The van der Waals surface area contributed by atoms with Crippen LogP contribution in [0.4, 0.5) is 0 Å². The van der Waals surface area contributed by atoms with Crippen LogP contribution in [-0.2, 0) is 9.47 Å². The molecule has 0 bridgehead atoms. The molecule has 1 rings (SSSR count). The third-order valence-electron chi connectivity index (χ3n) is 2.52. The molecule has 0 aliphatic carbocycles. The third kappa shape index (κ3) is 5.92. The highest BCUT2D eigenvalue weighted by atomic mass is 32.2. The van der Waals surface area contributed by atoms with Gasteiger partial charge in [0.05, 0.1) is 31.0 Å². The molecule has 0 fully saturated rings. The summed E-state index contributed by atoms with van der Waals surface area (Å²) in [6, 6.07) is 6.74. The first-order valence-electron chi connectivity index (χ1n) is 6.28. The van der Waals surface area contributed by atoms with Gasteiger partial charge in [-0.05, 0) is 19.1 Å². The van der Waals surface area contributed by atoms with Crippen LogP contribution in [0, 0.1) is 0 Å². The quantitative estimate of drug-likeness (QED) is 0.678. The molecule has 2 unspecified atom stereocenters. The molecule has 0 aromatic heterocycles. The molecule has 0 saturated carbocycles. The molecule has 2 N–H and O–H groups in total. The number of hydrogen-bond acceptors (Lipinski definition) is 5. The molecule has 0 aliphatic rings. The Kier molecular flexibility index (Phi) is 7.61. The predicted molar refractivity (Wildman–Crippen MR) is 77.4 cm³/mol. The lowest BCUT2D eigenvalue weighted by Crippen LogP contribution is -2.24. The van der Waals surface area contributed by atoms with Crippen LogP contribution >= 0.6 is 11.8 Å². The molecule has 0 saturated heterocycles. The molecule has 0 spiro atoms. The van der Waals surface area contributed by atoms with Gasteiger partial charge in [0.1, 0.15) is 0 Å². The summed E-state index contributed by atoms with van der Waals surface area (Å²) in [4.78, 5) is 11.7. The largest absolute Gasteiger partial charge is 0.478 e. The van der Waals surface area contributed by atoms with E-state index in [0.29, 0.717) is 17.3 Å². The molecule has 6 heteroatoms. The van der Waals surface area contributed by atoms with E-state index in [0.717, 1.165) is 0 Å². The fourth-order valence-corrected chi connectivity index (χ4v) is 2.52. The van der Waals surface area contributed by atoms with Crippen LogP contribution in [0.2, 0.25) is 0 Å². The Bertz CT molecular complexity index is 424. The van der Waals surface area contributed by atoms with Crippen LogP contribution in [0.15, 0.2) is 29.2 Å². The van der Waals surface area contributed by atoms with Crippen LogP contribution in [0.3, 0.4) is 0 Å². The first-order valence-corrected chi connectivity index (χ1v) is 7.27. The van der Waals surface area contributed by atoms with E-state index < -0.39 is 12.1 Å². The number of aliphatic hydroxyl groups excluding tert-OH is 1. The predicted octanol–water partition coefficient (Wildman–Crippen LogP) is 1.89. The summed E-state index contributed by atoms with van der Waals surface area (Å²) >= 11 is 1.31. The molecular formula is C14H20O5S. The Labute approximate surface area is 122 Å². The lowest BCUT2D eigenvalue weighted by atomic mass is 10.2. The zero-order valence-electron chi connectivity index (χ0n) is 11.6. The van der Waals surface area contributed by atoms with E-state index in [1.807, 2.05) is 6.92 Å². The number of aliphatic hydroxyl groups is 1. The van der Waals surface area contributed by atoms with Crippen LogP contribution in [0.25, 0.3) is 0 Å². The second-order valence-electron chi connectivity index (χ2n) is 4.37. The van der Waals surface area contributed by atoms with Crippen molar-refractivity contribution >= 4 is 17.7 Å². The van der Waals surface area contributed by atoms with Crippen molar-refractivity contribution in [1.29, 1.82) is 0 Å². The van der Waals surface area contributed by atoms with Crippen molar-refractivity contribution in [1.82, 2.24) is 0 Å². The molecule has 1 aromatic carbocycles. The smallest absolute Gasteiger partial charge is 0.336 e. The van der Waals surface area contributed by atoms with E-state index in [4.69, 9.17) is 14.6 Å². The Hall–Kier alpha value is -1.08. The van der Waals surface area contributed by atoms with Gasteiger partial charge in [-0.15, -0.1) is 11.8 Å². The number of ether oxygens (including phenoxy) is 2. The van der Waals surface area contributed by atoms with E-state index in [9.17, 15) is 9.90 Å². The molecular weight excluding hydrogens is 280 g/mol. The highest BCUT2D eigenvalue weighted by Crippen LogP contribution is 2.23. The van der Waals surface area contributed by atoms with Gasteiger partial charge >= 0.3 is 5.97 Å². The molecule has 5 nitrogen and oxygen atoms in total. The molecule has 20 heavy (non-hydrogen) atoms. The molecule has 0 heterocycles. The zero-order chi connectivity index (χ0) is 15.0. The first-order chi connectivity index (χ1) is 9.54. The minimum Gasteiger partial charge on any atom is -0.478 e. The van der Waals surface area contributed by atoms with Crippen molar-refractivity contribution in [2.45, 2.75) is 24.0 Å². The van der Waals surface area contributed by atoms with E-state index in [-0.39, 0.29) is 18.3 Å². The molecule has 112 valence electrons. The molecule has 0 aliphatic heterocycles. The third-order valence-corrected chi connectivity index (χ3v) is 3.74. The van der Waals surface area contributed by atoms with Gasteiger partial charge in [0.15, 0.2) is 0 Å². The summed E-state index contributed by atoms with van der Waals surface area (Å²) in [6.07, 6.45) is -0.730. The topological polar surface area (TPSA) is 76.0 Å². The van der Waals surface area contributed by atoms with Crippen LogP contribution in [0.5, 0.6) is 0 Å². The van der Waals surface area contributed by atoms with Gasteiger partial charge in [0.25, 0.3) is 0 Å². The Morgan fingerprint density at radius 2 is 2.05 bits per heavy atom. The number of carbonyl (C=O) groups is 1.